The van der Waals surface area contributed by atoms with Crippen LogP contribution < -0.4 is 11.1 Å². The summed E-state index contributed by atoms with van der Waals surface area (Å²) in [4.78, 5) is 21.2. The van der Waals surface area contributed by atoms with Crippen LogP contribution in [0.5, 0.6) is 0 Å². The Kier molecular flexibility index (Phi) is 5.45. The minimum absolute atomic E-state index is 0.0378. The molecule has 3 heterocycles. The van der Waals surface area contributed by atoms with E-state index in [9.17, 15) is 4.79 Å². The van der Waals surface area contributed by atoms with Crippen LogP contribution in [0, 0.1) is 23.1 Å². The Morgan fingerprint density at radius 2 is 2.27 bits per heavy atom. The highest BCUT2D eigenvalue weighted by molar-refractivity contribution is 8.13. The Labute approximate surface area is 177 Å². The Bertz CT molecular complexity index is 1050. The van der Waals surface area contributed by atoms with Crippen LogP contribution in [0.25, 0.3) is 0 Å². The SMILES string of the molecule is C[C@@H]1OCC[C@@]2(c3cc(NC(=O)c4ccc(C#N)cn4)ccc3F)N=C(N)SC[C@H]12. The Hall–Kier alpha value is -2.96. The van der Waals surface area contributed by atoms with Gasteiger partial charge in [-0.05, 0) is 37.3 Å². The second-order valence-electron chi connectivity index (χ2n) is 7.31. The summed E-state index contributed by atoms with van der Waals surface area (Å²) in [5.74, 6) is -0.202. The predicted molar refractivity (Wildman–Crippen MR) is 113 cm³/mol. The molecule has 30 heavy (non-hydrogen) atoms. The highest BCUT2D eigenvalue weighted by Crippen LogP contribution is 2.48. The molecule has 7 nitrogen and oxygen atoms in total. The van der Waals surface area contributed by atoms with E-state index in [0.29, 0.717) is 40.8 Å². The minimum atomic E-state index is -0.829. The van der Waals surface area contributed by atoms with Gasteiger partial charge in [-0.25, -0.2) is 9.37 Å². The number of benzene rings is 1. The summed E-state index contributed by atoms with van der Waals surface area (Å²) in [6.07, 6.45) is 1.74. The van der Waals surface area contributed by atoms with Gasteiger partial charge in [-0.15, -0.1) is 0 Å². The number of amides is 1. The second kappa shape index (κ2) is 8.05. The Morgan fingerprint density at radius 3 is 3.00 bits per heavy atom. The number of carbonyl (C=O) groups is 1. The van der Waals surface area contributed by atoms with Crippen LogP contribution in [-0.2, 0) is 10.3 Å². The normalized spacial score (nSPS) is 25.6. The fraction of sp³-hybridized carbons (Fsp3) is 0.333. The molecule has 1 saturated heterocycles. The summed E-state index contributed by atoms with van der Waals surface area (Å²) in [7, 11) is 0. The Balaban J connectivity index is 1.68. The zero-order valence-corrected chi connectivity index (χ0v) is 17.1. The van der Waals surface area contributed by atoms with Gasteiger partial charge >= 0.3 is 0 Å². The van der Waals surface area contributed by atoms with Crippen molar-refractivity contribution in [1.82, 2.24) is 4.98 Å². The van der Waals surface area contributed by atoms with E-state index in [1.807, 2.05) is 13.0 Å². The van der Waals surface area contributed by atoms with E-state index in [2.05, 4.69) is 10.3 Å². The monoisotopic (exact) mass is 425 g/mol. The van der Waals surface area contributed by atoms with Crippen LogP contribution in [0.15, 0.2) is 41.5 Å². The number of fused-ring (bicyclic) bond motifs is 1. The minimum Gasteiger partial charge on any atom is -0.379 e. The van der Waals surface area contributed by atoms with Crippen molar-refractivity contribution in [2.45, 2.75) is 25.0 Å². The number of hydrogen-bond donors (Lipinski definition) is 2. The van der Waals surface area contributed by atoms with E-state index in [1.165, 1.54) is 42.2 Å². The summed E-state index contributed by atoms with van der Waals surface area (Å²) in [5.41, 5.74) is 6.55. The lowest BCUT2D eigenvalue weighted by Gasteiger charge is -2.47. The number of anilines is 1. The molecule has 1 aromatic heterocycles. The van der Waals surface area contributed by atoms with Crippen molar-refractivity contribution in [2.75, 3.05) is 17.7 Å². The van der Waals surface area contributed by atoms with Crippen LogP contribution in [0.3, 0.4) is 0 Å². The number of thioether (sulfide) groups is 1. The molecule has 1 aromatic carbocycles. The molecule has 0 unspecified atom stereocenters. The number of amidine groups is 1. The number of hydrogen-bond acceptors (Lipinski definition) is 7. The smallest absolute Gasteiger partial charge is 0.274 e. The van der Waals surface area contributed by atoms with Crippen molar-refractivity contribution in [3.63, 3.8) is 0 Å². The van der Waals surface area contributed by atoms with Gasteiger partial charge in [-0.3, -0.25) is 9.79 Å². The maximum Gasteiger partial charge on any atom is 0.274 e. The van der Waals surface area contributed by atoms with Gasteiger partial charge in [0.05, 0.1) is 17.2 Å². The number of rotatable bonds is 3. The number of carbonyl (C=O) groups excluding carboxylic acids is 1. The molecule has 0 saturated carbocycles. The quantitative estimate of drug-likeness (QED) is 0.781. The number of ether oxygens (including phenoxy) is 1. The van der Waals surface area contributed by atoms with Crippen LogP contribution in [0.2, 0.25) is 0 Å². The molecule has 0 radical (unpaired) electrons. The fourth-order valence-electron chi connectivity index (χ4n) is 4.03. The van der Waals surface area contributed by atoms with Crippen molar-refractivity contribution in [3.8, 4) is 6.07 Å². The van der Waals surface area contributed by atoms with Gasteiger partial charge in [0.2, 0.25) is 0 Å². The van der Waals surface area contributed by atoms with Crippen LogP contribution in [0.1, 0.15) is 35.0 Å². The van der Waals surface area contributed by atoms with E-state index in [0.717, 1.165) is 0 Å². The first kappa shape index (κ1) is 20.3. The highest BCUT2D eigenvalue weighted by Gasteiger charge is 2.49. The first-order chi connectivity index (χ1) is 14.4. The van der Waals surface area contributed by atoms with Crippen molar-refractivity contribution < 1.29 is 13.9 Å². The summed E-state index contributed by atoms with van der Waals surface area (Å²) in [6, 6.07) is 9.39. The average molecular weight is 425 g/mol. The van der Waals surface area contributed by atoms with Gasteiger partial charge in [0.15, 0.2) is 5.17 Å². The molecule has 154 valence electrons. The molecule has 1 amide bonds. The molecule has 4 rings (SSSR count). The molecule has 3 N–H and O–H groups in total. The second-order valence-corrected chi connectivity index (χ2v) is 8.35. The lowest BCUT2D eigenvalue weighted by molar-refractivity contribution is -0.0514. The number of nitrogens with two attached hydrogens (primary N) is 1. The third kappa shape index (κ3) is 3.64. The van der Waals surface area contributed by atoms with E-state index < -0.39 is 17.3 Å². The zero-order chi connectivity index (χ0) is 21.3. The molecule has 0 bridgehead atoms. The Morgan fingerprint density at radius 1 is 1.43 bits per heavy atom. The average Bonchev–Trinajstić information content (AvgIpc) is 2.75. The molecule has 2 aliphatic heterocycles. The first-order valence-electron chi connectivity index (χ1n) is 9.50. The van der Waals surface area contributed by atoms with Crippen molar-refractivity contribution in [3.05, 3.63) is 59.2 Å². The van der Waals surface area contributed by atoms with Crippen molar-refractivity contribution in [1.29, 1.82) is 5.26 Å². The lowest BCUT2D eigenvalue weighted by atomic mass is 9.72. The van der Waals surface area contributed by atoms with Crippen LogP contribution >= 0.6 is 11.8 Å². The third-order valence-corrected chi connectivity index (χ3v) is 6.49. The molecule has 0 spiro atoms. The molecule has 2 aliphatic rings. The number of halogens is 1. The van der Waals surface area contributed by atoms with E-state index in [-0.39, 0.29) is 17.7 Å². The molecule has 9 heteroatoms. The standard InChI is InChI=1S/C21H20FN5O2S/c1-12-16-11-30-20(24)27-21(16,6-7-29-12)15-8-14(3-4-17(15)22)26-19(28)18-5-2-13(9-23)10-25-18/h2-5,8,10,12,16H,6-7,11H2,1H3,(H2,24,27)(H,26,28)/t12-,16+,21-/m0/s1. The molecular formula is C21H20FN5O2S. The number of pyridine rings is 1. The van der Waals surface area contributed by atoms with Gasteiger partial charge in [0.1, 0.15) is 17.6 Å². The number of nitrogens with one attached hydrogen (secondary N) is 1. The topological polar surface area (TPSA) is 113 Å². The predicted octanol–water partition coefficient (Wildman–Crippen LogP) is 3.03. The van der Waals surface area contributed by atoms with E-state index in [4.69, 9.17) is 20.7 Å². The number of aromatic nitrogens is 1. The fourth-order valence-corrected chi connectivity index (χ4v) is 5.15. The van der Waals surface area contributed by atoms with Crippen molar-refractivity contribution >= 4 is 28.5 Å². The van der Waals surface area contributed by atoms with E-state index in [1.54, 1.807) is 6.07 Å². The molecule has 0 aliphatic carbocycles. The van der Waals surface area contributed by atoms with E-state index >= 15 is 4.39 Å². The largest absolute Gasteiger partial charge is 0.379 e. The molecule has 3 atom stereocenters. The first-order valence-corrected chi connectivity index (χ1v) is 10.5. The maximum atomic E-state index is 15.0. The number of aliphatic imine (C=N–C) groups is 1. The maximum absolute atomic E-state index is 15.0. The van der Waals surface area contributed by atoms with Crippen molar-refractivity contribution in [2.24, 2.45) is 16.6 Å². The molecule has 2 aromatic rings. The number of nitriles is 1. The number of nitrogens with zero attached hydrogens (tertiary/aromatic N) is 3. The summed E-state index contributed by atoms with van der Waals surface area (Å²) in [6.45, 7) is 2.42. The van der Waals surface area contributed by atoms with Crippen LogP contribution in [0.4, 0.5) is 10.1 Å². The highest BCUT2D eigenvalue weighted by atomic mass is 32.2. The van der Waals surface area contributed by atoms with Gasteiger partial charge < -0.3 is 15.8 Å². The van der Waals surface area contributed by atoms with Gasteiger partial charge in [0.25, 0.3) is 5.91 Å². The van der Waals surface area contributed by atoms with Gasteiger partial charge in [-0.1, -0.05) is 11.8 Å². The zero-order valence-electron chi connectivity index (χ0n) is 16.3. The third-order valence-electron chi connectivity index (χ3n) is 5.58. The molecular weight excluding hydrogens is 405 g/mol. The summed E-state index contributed by atoms with van der Waals surface area (Å²) < 4.78 is 20.8. The van der Waals surface area contributed by atoms with Crippen LogP contribution in [-0.4, -0.2) is 34.5 Å². The van der Waals surface area contributed by atoms with Gasteiger partial charge in [-0.2, -0.15) is 5.26 Å². The summed E-state index contributed by atoms with van der Waals surface area (Å²) >= 11 is 1.45. The van der Waals surface area contributed by atoms with Gasteiger partial charge in [0, 0.05) is 42.1 Å². The molecule has 1 fully saturated rings. The summed E-state index contributed by atoms with van der Waals surface area (Å²) in [5, 5.41) is 12.0. The lowest BCUT2D eigenvalue weighted by Crippen LogP contribution is -2.50.